The molecular weight excluding hydrogens is 176 g/mol. The van der Waals surface area contributed by atoms with E-state index in [9.17, 15) is 4.79 Å². The molecule has 0 aromatic carbocycles. The summed E-state index contributed by atoms with van der Waals surface area (Å²) in [5, 5.41) is 8.26. The summed E-state index contributed by atoms with van der Waals surface area (Å²) in [6.07, 6.45) is 16.1. The van der Waals surface area contributed by atoms with Crippen molar-refractivity contribution in [3.63, 3.8) is 0 Å². The smallest absolute Gasteiger partial charge is 0.328 e. The molecule has 0 unspecified atom stereocenters. The van der Waals surface area contributed by atoms with Gasteiger partial charge in [-0.1, -0.05) is 55.9 Å². The lowest BCUT2D eigenvalue weighted by Crippen LogP contribution is -1.84. The zero-order chi connectivity index (χ0) is 10.6. The van der Waals surface area contributed by atoms with Crippen LogP contribution in [0.5, 0.6) is 0 Å². The monoisotopic (exact) mass is 192 g/mol. The molecule has 0 rings (SSSR count). The molecule has 0 spiro atoms. The molecule has 0 saturated heterocycles. The topological polar surface area (TPSA) is 37.3 Å². The number of unbranched alkanes of at least 4 members (excludes halogenated alkanes) is 1. The Morgan fingerprint density at radius 1 is 1.07 bits per heavy atom. The molecular formula is C12H16O2. The highest BCUT2D eigenvalue weighted by Gasteiger charge is 1.79. The van der Waals surface area contributed by atoms with Gasteiger partial charge in [-0.2, -0.15) is 0 Å². The number of aliphatic carboxylic acids is 1. The van der Waals surface area contributed by atoms with Gasteiger partial charge in [0.05, 0.1) is 0 Å². The van der Waals surface area contributed by atoms with E-state index in [-0.39, 0.29) is 0 Å². The molecule has 0 fully saturated rings. The summed E-state index contributed by atoms with van der Waals surface area (Å²) in [5.41, 5.74) is 0. The summed E-state index contributed by atoms with van der Waals surface area (Å²) in [6.45, 7) is 2.13. The molecule has 2 heteroatoms. The maximum atomic E-state index is 10.1. The first-order valence-electron chi connectivity index (χ1n) is 4.67. The fourth-order valence-electron chi connectivity index (χ4n) is 0.736. The first kappa shape index (κ1) is 12.4. The van der Waals surface area contributed by atoms with Crippen molar-refractivity contribution >= 4 is 5.97 Å². The second kappa shape index (κ2) is 9.52. The summed E-state index contributed by atoms with van der Waals surface area (Å²) in [4.78, 5) is 10.1. The molecule has 0 radical (unpaired) electrons. The molecule has 0 heterocycles. The maximum Gasteiger partial charge on any atom is 0.328 e. The summed E-state index contributed by atoms with van der Waals surface area (Å²) in [7, 11) is 0. The van der Waals surface area contributed by atoms with Crippen molar-refractivity contribution in [3.8, 4) is 0 Å². The Kier molecular flexibility index (Phi) is 8.45. The minimum Gasteiger partial charge on any atom is -0.478 e. The third-order valence-corrected chi connectivity index (χ3v) is 1.39. The molecule has 0 aromatic heterocycles. The number of carboxylic acids is 1. The van der Waals surface area contributed by atoms with E-state index in [1.165, 1.54) is 6.08 Å². The average Bonchev–Trinajstić information content (AvgIpc) is 2.15. The predicted molar refractivity (Wildman–Crippen MR) is 59.1 cm³/mol. The van der Waals surface area contributed by atoms with Crippen molar-refractivity contribution < 1.29 is 9.90 Å². The van der Waals surface area contributed by atoms with Gasteiger partial charge in [-0.3, -0.25) is 0 Å². The molecule has 76 valence electrons. The van der Waals surface area contributed by atoms with Gasteiger partial charge in [0.25, 0.3) is 0 Å². The third kappa shape index (κ3) is 10.4. The van der Waals surface area contributed by atoms with Gasteiger partial charge in [-0.15, -0.1) is 0 Å². The Morgan fingerprint density at radius 2 is 1.64 bits per heavy atom. The SMILES string of the molecule is CCC/C=C/C=C\C=C\C=C\C(=O)O. The number of rotatable bonds is 6. The van der Waals surface area contributed by atoms with Gasteiger partial charge in [0, 0.05) is 6.08 Å². The fraction of sp³-hybridized carbons (Fsp3) is 0.250. The normalized spacial score (nSPS) is 12.6. The zero-order valence-electron chi connectivity index (χ0n) is 8.39. The lowest BCUT2D eigenvalue weighted by atomic mass is 10.3. The zero-order valence-corrected chi connectivity index (χ0v) is 8.39. The van der Waals surface area contributed by atoms with Crippen LogP contribution in [-0.4, -0.2) is 11.1 Å². The highest BCUT2D eigenvalue weighted by atomic mass is 16.4. The molecule has 14 heavy (non-hydrogen) atoms. The minimum atomic E-state index is -0.929. The van der Waals surface area contributed by atoms with Crippen molar-refractivity contribution in [2.45, 2.75) is 19.8 Å². The van der Waals surface area contributed by atoms with Gasteiger partial charge in [0.2, 0.25) is 0 Å². The second-order valence-corrected chi connectivity index (χ2v) is 2.68. The van der Waals surface area contributed by atoms with Crippen LogP contribution in [0.1, 0.15) is 19.8 Å². The molecule has 1 N–H and O–H groups in total. The van der Waals surface area contributed by atoms with Crippen molar-refractivity contribution in [2.24, 2.45) is 0 Å². The highest BCUT2D eigenvalue weighted by Crippen LogP contribution is 1.89. The van der Waals surface area contributed by atoms with E-state index in [2.05, 4.69) is 13.0 Å². The van der Waals surface area contributed by atoms with Crippen LogP contribution in [0.15, 0.2) is 48.6 Å². The van der Waals surface area contributed by atoms with E-state index in [1.54, 1.807) is 12.2 Å². The standard InChI is InChI=1S/C12H16O2/c1-2-3-4-5-6-7-8-9-10-11-12(13)14/h4-11H,2-3H2,1H3,(H,13,14)/b5-4+,7-6-,9-8+,11-10+. The van der Waals surface area contributed by atoms with Gasteiger partial charge >= 0.3 is 5.97 Å². The molecule has 0 aliphatic carbocycles. The average molecular weight is 192 g/mol. The first-order chi connectivity index (χ1) is 6.77. The summed E-state index contributed by atoms with van der Waals surface area (Å²) in [6, 6.07) is 0. The van der Waals surface area contributed by atoms with Crippen molar-refractivity contribution in [1.29, 1.82) is 0 Å². The molecule has 0 aliphatic heterocycles. The van der Waals surface area contributed by atoms with Crippen LogP contribution < -0.4 is 0 Å². The van der Waals surface area contributed by atoms with Gasteiger partial charge in [0.1, 0.15) is 0 Å². The molecule has 0 atom stereocenters. The number of hydrogen-bond acceptors (Lipinski definition) is 1. The summed E-state index contributed by atoms with van der Waals surface area (Å²) < 4.78 is 0. The molecule has 2 nitrogen and oxygen atoms in total. The number of carboxylic acid groups (broad SMARTS) is 1. The minimum absolute atomic E-state index is 0.929. The van der Waals surface area contributed by atoms with E-state index < -0.39 is 5.97 Å². The van der Waals surface area contributed by atoms with Crippen LogP contribution in [0, 0.1) is 0 Å². The Balaban J connectivity index is 3.65. The quantitative estimate of drug-likeness (QED) is 0.518. The van der Waals surface area contributed by atoms with E-state index >= 15 is 0 Å². The van der Waals surface area contributed by atoms with E-state index in [1.807, 2.05) is 18.2 Å². The molecule has 0 bridgehead atoms. The Hall–Kier alpha value is -1.57. The van der Waals surface area contributed by atoms with Crippen LogP contribution in [0.3, 0.4) is 0 Å². The fourth-order valence-corrected chi connectivity index (χ4v) is 0.736. The summed E-state index contributed by atoms with van der Waals surface area (Å²) in [5.74, 6) is -0.929. The van der Waals surface area contributed by atoms with E-state index in [4.69, 9.17) is 5.11 Å². The largest absolute Gasteiger partial charge is 0.478 e. The molecule has 0 amide bonds. The van der Waals surface area contributed by atoms with Gasteiger partial charge in [0.15, 0.2) is 0 Å². The van der Waals surface area contributed by atoms with Crippen LogP contribution in [0.4, 0.5) is 0 Å². The Bertz CT molecular complexity index is 257. The number of carbonyl (C=O) groups is 1. The molecule has 0 saturated carbocycles. The van der Waals surface area contributed by atoms with E-state index in [0.29, 0.717) is 0 Å². The van der Waals surface area contributed by atoms with Crippen molar-refractivity contribution in [3.05, 3.63) is 48.6 Å². The maximum absolute atomic E-state index is 10.1. The van der Waals surface area contributed by atoms with Crippen LogP contribution >= 0.6 is 0 Å². The van der Waals surface area contributed by atoms with Crippen molar-refractivity contribution in [2.75, 3.05) is 0 Å². The number of allylic oxidation sites excluding steroid dienone is 7. The summed E-state index contributed by atoms with van der Waals surface area (Å²) >= 11 is 0. The van der Waals surface area contributed by atoms with Crippen molar-refractivity contribution in [1.82, 2.24) is 0 Å². The van der Waals surface area contributed by atoms with Gasteiger partial charge < -0.3 is 5.11 Å². The van der Waals surface area contributed by atoms with Gasteiger partial charge in [-0.05, 0) is 6.42 Å². The second-order valence-electron chi connectivity index (χ2n) is 2.68. The predicted octanol–water partition coefficient (Wildman–Crippen LogP) is 3.10. The van der Waals surface area contributed by atoms with Crippen LogP contribution in [-0.2, 0) is 4.79 Å². The number of hydrogen-bond donors (Lipinski definition) is 1. The Morgan fingerprint density at radius 3 is 2.21 bits per heavy atom. The molecule has 0 aromatic rings. The van der Waals surface area contributed by atoms with Crippen LogP contribution in [0.25, 0.3) is 0 Å². The Labute approximate surface area is 85.0 Å². The van der Waals surface area contributed by atoms with Crippen LogP contribution in [0.2, 0.25) is 0 Å². The van der Waals surface area contributed by atoms with Gasteiger partial charge in [-0.25, -0.2) is 4.79 Å². The third-order valence-electron chi connectivity index (χ3n) is 1.39. The molecule has 0 aliphatic rings. The lowest BCUT2D eigenvalue weighted by molar-refractivity contribution is -0.131. The lowest BCUT2D eigenvalue weighted by Gasteiger charge is -1.79. The highest BCUT2D eigenvalue weighted by molar-refractivity contribution is 5.80. The van der Waals surface area contributed by atoms with E-state index in [0.717, 1.165) is 18.9 Å². The first-order valence-corrected chi connectivity index (χ1v) is 4.67.